The average molecular weight is 515 g/mol. The summed E-state index contributed by atoms with van der Waals surface area (Å²) in [7, 11) is 0. The minimum Gasteiger partial charge on any atom is -0.455 e. The van der Waals surface area contributed by atoms with Crippen LogP contribution in [0.15, 0.2) is 103 Å². The maximum atomic E-state index is 13.0. The van der Waals surface area contributed by atoms with Gasteiger partial charge in [0.2, 0.25) is 5.91 Å². The minimum absolute atomic E-state index is 0.0943. The fourth-order valence-corrected chi connectivity index (χ4v) is 5.27. The highest BCUT2D eigenvalue weighted by Gasteiger charge is 2.32. The van der Waals surface area contributed by atoms with Gasteiger partial charge in [0.25, 0.3) is 5.91 Å². The van der Waals surface area contributed by atoms with Crippen LogP contribution in [0.25, 0.3) is 0 Å². The number of hydrogen-bond donors (Lipinski definition) is 1. The number of carbonyl (C=O) groups excluding carboxylic acids is 2. The number of rotatable bonds is 7. The molecular formula is C29H23ClN2O3S. The van der Waals surface area contributed by atoms with Crippen LogP contribution in [0.4, 0.5) is 5.69 Å². The van der Waals surface area contributed by atoms with Crippen molar-refractivity contribution in [2.24, 2.45) is 0 Å². The van der Waals surface area contributed by atoms with E-state index in [4.69, 9.17) is 16.3 Å². The predicted octanol–water partition coefficient (Wildman–Crippen LogP) is 7.16. The van der Waals surface area contributed by atoms with Crippen molar-refractivity contribution in [1.82, 2.24) is 4.90 Å². The maximum absolute atomic E-state index is 13.0. The van der Waals surface area contributed by atoms with Gasteiger partial charge in [0.1, 0.15) is 11.1 Å². The lowest BCUT2D eigenvalue weighted by atomic mass is 10.1. The molecule has 0 saturated carbocycles. The van der Waals surface area contributed by atoms with Gasteiger partial charge in [0.15, 0.2) is 5.75 Å². The molecule has 1 saturated heterocycles. The quantitative estimate of drug-likeness (QED) is 0.284. The molecule has 1 aliphatic rings. The molecule has 1 fully saturated rings. The number of nitrogens with zero attached hydrogens (tertiary/aromatic N) is 1. The Kier molecular flexibility index (Phi) is 7.26. The SMILES string of the molecule is O=C(Nc1ccccc1Oc1ccccc1)c1ccc([C@@H]2SCC(=O)N2Cc2ccc(Cl)cc2)cc1. The molecule has 36 heavy (non-hydrogen) atoms. The number of thioether (sulfide) groups is 1. The Morgan fingerprint density at radius 3 is 2.36 bits per heavy atom. The number of nitrogens with one attached hydrogen (secondary N) is 1. The summed E-state index contributed by atoms with van der Waals surface area (Å²) in [5.41, 5.74) is 3.10. The van der Waals surface area contributed by atoms with Crippen molar-refractivity contribution in [1.29, 1.82) is 0 Å². The standard InChI is InChI=1S/C29H23ClN2O3S/c30-23-16-10-20(11-17-23)18-32-27(33)19-36-29(32)22-14-12-21(13-15-22)28(34)31-25-8-4-5-9-26(25)35-24-6-2-1-3-7-24/h1-17,29H,18-19H2,(H,31,34)/t29-/m0/s1. The van der Waals surface area contributed by atoms with Gasteiger partial charge in [-0.1, -0.05) is 66.2 Å². The van der Waals surface area contributed by atoms with Gasteiger partial charge in [-0.05, 0) is 59.7 Å². The zero-order chi connectivity index (χ0) is 24.9. The fourth-order valence-electron chi connectivity index (χ4n) is 3.96. The van der Waals surface area contributed by atoms with E-state index in [1.807, 2.05) is 89.8 Å². The second-order valence-electron chi connectivity index (χ2n) is 8.30. The van der Waals surface area contributed by atoms with E-state index in [1.165, 1.54) is 0 Å². The average Bonchev–Trinajstić information content (AvgIpc) is 3.27. The van der Waals surface area contributed by atoms with Gasteiger partial charge in [0.05, 0.1) is 11.4 Å². The van der Waals surface area contributed by atoms with Gasteiger partial charge < -0.3 is 15.0 Å². The summed E-state index contributed by atoms with van der Waals surface area (Å²) in [6.45, 7) is 0.508. The summed E-state index contributed by atoms with van der Waals surface area (Å²) >= 11 is 7.58. The number of anilines is 1. The first-order chi connectivity index (χ1) is 17.6. The van der Waals surface area contributed by atoms with E-state index in [-0.39, 0.29) is 17.2 Å². The Morgan fingerprint density at radius 2 is 1.61 bits per heavy atom. The largest absolute Gasteiger partial charge is 0.455 e. The normalized spacial score (nSPS) is 15.1. The van der Waals surface area contributed by atoms with Crippen molar-refractivity contribution in [2.45, 2.75) is 11.9 Å². The first-order valence-corrected chi connectivity index (χ1v) is 12.9. The summed E-state index contributed by atoms with van der Waals surface area (Å²) < 4.78 is 5.95. The molecule has 0 aromatic heterocycles. The van der Waals surface area contributed by atoms with Crippen LogP contribution in [0.2, 0.25) is 5.02 Å². The topological polar surface area (TPSA) is 58.6 Å². The summed E-state index contributed by atoms with van der Waals surface area (Å²) in [4.78, 5) is 27.4. The van der Waals surface area contributed by atoms with E-state index in [9.17, 15) is 9.59 Å². The molecule has 0 aliphatic carbocycles. The van der Waals surface area contributed by atoms with E-state index in [0.29, 0.717) is 40.1 Å². The van der Waals surface area contributed by atoms with Crippen LogP contribution in [0.3, 0.4) is 0 Å². The molecule has 4 aromatic rings. The zero-order valence-corrected chi connectivity index (χ0v) is 20.8. The highest BCUT2D eigenvalue weighted by atomic mass is 35.5. The lowest BCUT2D eigenvalue weighted by molar-refractivity contribution is -0.128. The Balaban J connectivity index is 1.28. The smallest absolute Gasteiger partial charge is 0.255 e. The van der Waals surface area contributed by atoms with Crippen LogP contribution >= 0.6 is 23.4 Å². The van der Waals surface area contributed by atoms with Gasteiger partial charge in [-0.3, -0.25) is 9.59 Å². The van der Waals surface area contributed by atoms with Crippen molar-refractivity contribution in [2.75, 3.05) is 11.1 Å². The third kappa shape index (κ3) is 5.56. The van der Waals surface area contributed by atoms with Gasteiger partial charge in [-0.2, -0.15) is 0 Å². The molecular weight excluding hydrogens is 492 g/mol. The molecule has 2 amide bonds. The summed E-state index contributed by atoms with van der Waals surface area (Å²) in [5, 5.41) is 3.51. The molecule has 5 rings (SSSR count). The predicted molar refractivity (Wildman–Crippen MR) is 145 cm³/mol. The first-order valence-electron chi connectivity index (χ1n) is 11.5. The highest BCUT2D eigenvalue weighted by Crippen LogP contribution is 2.39. The van der Waals surface area contributed by atoms with Crippen LogP contribution in [0.1, 0.15) is 26.9 Å². The van der Waals surface area contributed by atoms with Crippen molar-refractivity contribution in [3.8, 4) is 11.5 Å². The molecule has 1 N–H and O–H groups in total. The van der Waals surface area contributed by atoms with Gasteiger partial charge in [-0.25, -0.2) is 0 Å². The van der Waals surface area contributed by atoms with E-state index in [2.05, 4.69) is 5.32 Å². The van der Waals surface area contributed by atoms with Crippen LogP contribution < -0.4 is 10.1 Å². The van der Waals surface area contributed by atoms with Crippen LogP contribution in [-0.4, -0.2) is 22.5 Å². The number of para-hydroxylation sites is 3. The van der Waals surface area contributed by atoms with Crippen LogP contribution in [0.5, 0.6) is 11.5 Å². The molecule has 0 unspecified atom stereocenters. The Hall–Kier alpha value is -3.74. The molecule has 7 heteroatoms. The van der Waals surface area contributed by atoms with E-state index < -0.39 is 0 Å². The van der Waals surface area contributed by atoms with E-state index >= 15 is 0 Å². The molecule has 0 radical (unpaired) electrons. The molecule has 1 aliphatic heterocycles. The Bertz CT molecular complexity index is 1360. The summed E-state index contributed by atoms with van der Waals surface area (Å²) in [5.74, 6) is 1.54. The summed E-state index contributed by atoms with van der Waals surface area (Å²) in [6, 6.07) is 31.7. The number of amides is 2. The number of hydrogen-bond acceptors (Lipinski definition) is 4. The van der Waals surface area contributed by atoms with Gasteiger partial charge >= 0.3 is 0 Å². The van der Waals surface area contributed by atoms with Crippen molar-refractivity contribution in [3.05, 3.63) is 125 Å². The third-order valence-electron chi connectivity index (χ3n) is 5.80. The molecule has 1 atom stereocenters. The number of ether oxygens (including phenoxy) is 1. The van der Waals surface area contributed by atoms with Crippen molar-refractivity contribution in [3.63, 3.8) is 0 Å². The van der Waals surface area contributed by atoms with Crippen LogP contribution in [0, 0.1) is 0 Å². The second kappa shape index (κ2) is 10.9. The number of carbonyl (C=O) groups is 2. The molecule has 5 nitrogen and oxygen atoms in total. The third-order valence-corrected chi connectivity index (χ3v) is 7.31. The highest BCUT2D eigenvalue weighted by molar-refractivity contribution is 8.00. The lowest BCUT2D eigenvalue weighted by Crippen LogP contribution is -2.27. The fraction of sp³-hybridized carbons (Fsp3) is 0.103. The second-order valence-corrected chi connectivity index (χ2v) is 9.80. The minimum atomic E-state index is -0.237. The lowest BCUT2D eigenvalue weighted by Gasteiger charge is -2.24. The van der Waals surface area contributed by atoms with Crippen molar-refractivity contribution < 1.29 is 14.3 Å². The molecule has 180 valence electrons. The monoisotopic (exact) mass is 514 g/mol. The van der Waals surface area contributed by atoms with Gasteiger partial charge in [-0.15, -0.1) is 11.8 Å². The van der Waals surface area contributed by atoms with Crippen molar-refractivity contribution >= 4 is 40.9 Å². The zero-order valence-electron chi connectivity index (χ0n) is 19.3. The molecule has 4 aromatic carbocycles. The Morgan fingerprint density at radius 1 is 0.917 bits per heavy atom. The van der Waals surface area contributed by atoms with E-state index in [1.54, 1.807) is 30.0 Å². The Labute approximate surface area is 219 Å². The first kappa shape index (κ1) is 24.0. The molecule has 0 bridgehead atoms. The van der Waals surface area contributed by atoms with E-state index in [0.717, 1.165) is 11.1 Å². The molecule has 1 heterocycles. The van der Waals surface area contributed by atoms with Crippen LogP contribution in [-0.2, 0) is 11.3 Å². The van der Waals surface area contributed by atoms with Gasteiger partial charge in [0, 0.05) is 17.1 Å². The summed E-state index contributed by atoms with van der Waals surface area (Å²) in [6.07, 6.45) is 0. The number of halogens is 1. The maximum Gasteiger partial charge on any atom is 0.255 e. The molecule has 0 spiro atoms. The number of benzene rings is 4.